The van der Waals surface area contributed by atoms with Crippen LogP contribution in [0.4, 0.5) is 0 Å². The third-order valence-electron chi connectivity index (χ3n) is 4.15. The molecule has 0 aromatic rings. The molecule has 0 spiro atoms. The summed E-state index contributed by atoms with van der Waals surface area (Å²) in [6, 6.07) is 0. The van der Waals surface area contributed by atoms with Gasteiger partial charge in [0.1, 0.15) is 0 Å². The van der Waals surface area contributed by atoms with Crippen molar-refractivity contribution in [2.75, 3.05) is 66.0 Å². The molecular weight excluding hydrogens is 278 g/mol. The van der Waals surface area contributed by atoms with Crippen molar-refractivity contribution in [2.45, 2.75) is 33.3 Å². The van der Waals surface area contributed by atoms with Gasteiger partial charge in [0.2, 0.25) is 0 Å². The van der Waals surface area contributed by atoms with Crippen LogP contribution in [0.1, 0.15) is 27.7 Å². The second kappa shape index (κ2) is 10.0. The molecule has 22 heavy (non-hydrogen) atoms. The predicted octanol–water partition coefficient (Wildman–Crippen LogP) is 0.604. The second-order valence-corrected chi connectivity index (χ2v) is 6.36. The average Bonchev–Trinajstić information content (AvgIpc) is 2.53. The third-order valence-corrected chi connectivity index (χ3v) is 4.15. The maximum absolute atomic E-state index is 5.41. The molecule has 0 aliphatic carbocycles. The maximum atomic E-state index is 5.41. The van der Waals surface area contributed by atoms with Crippen molar-refractivity contribution in [3.63, 3.8) is 0 Å². The molecule has 1 aliphatic heterocycles. The molecular formula is C16H35N5O. The number of likely N-dealkylation sites (N-methyl/N-ethyl adjacent to an activating group) is 1. The van der Waals surface area contributed by atoms with Crippen LogP contribution < -0.4 is 10.6 Å². The normalized spacial score (nSPS) is 18.5. The Morgan fingerprint density at radius 3 is 2.27 bits per heavy atom. The molecule has 0 atom stereocenters. The summed E-state index contributed by atoms with van der Waals surface area (Å²) in [6.45, 7) is 17.8. The van der Waals surface area contributed by atoms with Gasteiger partial charge in [0.25, 0.3) is 0 Å². The van der Waals surface area contributed by atoms with Gasteiger partial charge in [0.15, 0.2) is 5.96 Å². The Morgan fingerprint density at radius 2 is 1.73 bits per heavy atom. The van der Waals surface area contributed by atoms with E-state index in [2.05, 4.69) is 39.3 Å². The van der Waals surface area contributed by atoms with Crippen LogP contribution in [0.25, 0.3) is 0 Å². The van der Waals surface area contributed by atoms with Crippen molar-refractivity contribution in [1.82, 2.24) is 20.4 Å². The van der Waals surface area contributed by atoms with E-state index in [0.29, 0.717) is 6.54 Å². The fourth-order valence-corrected chi connectivity index (χ4v) is 2.34. The smallest absolute Gasteiger partial charge is 0.191 e. The molecule has 2 N–H and O–H groups in total. The van der Waals surface area contributed by atoms with Crippen molar-refractivity contribution in [3.8, 4) is 0 Å². The first-order valence-corrected chi connectivity index (χ1v) is 8.52. The van der Waals surface area contributed by atoms with E-state index in [1.807, 2.05) is 13.8 Å². The maximum Gasteiger partial charge on any atom is 0.191 e. The van der Waals surface area contributed by atoms with Crippen molar-refractivity contribution < 1.29 is 4.74 Å². The molecule has 0 radical (unpaired) electrons. The Bertz CT molecular complexity index is 324. The number of hydrogen-bond donors (Lipinski definition) is 2. The van der Waals surface area contributed by atoms with Crippen LogP contribution >= 0.6 is 0 Å². The molecule has 0 aromatic carbocycles. The van der Waals surface area contributed by atoms with Crippen molar-refractivity contribution in [3.05, 3.63) is 0 Å². The second-order valence-electron chi connectivity index (χ2n) is 6.36. The summed E-state index contributed by atoms with van der Waals surface area (Å²) in [6.07, 6.45) is 0. The molecule has 6 heteroatoms. The largest absolute Gasteiger partial charge is 0.377 e. The fraction of sp³-hybridized carbons (Fsp3) is 0.938. The molecule has 0 saturated carbocycles. The first-order chi connectivity index (χ1) is 10.5. The molecule has 0 aromatic heterocycles. The predicted molar refractivity (Wildman–Crippen MR) is 93.6 cm³/mol. The molecule has 1 aliphatic rings. The van der Waals surface area contributed by atoms with Gasteiger partial charge in [-0.15, -0.1) is 0 Å². The Balaban J connectivity index is 2.31. The lowest BCUT2D eigenvalue weighted by Crippen LogP contribution is -2.49. The molecule has 0 bridgehead atoms. The zero-order valence-electron chi connectivity index (χ0n) is 15.1. The number of methoxy groups -OCH3 is 1. The van der Waals surface area contributed by atoms with Crippen LogP contribution in [0, 0.1) is 0 Å². The van der Waals surface area contributed by atoms with Gasteiger partial charge in [-0.1, -0.05) is 6.92 Å². The van der Waals surface area contributed by atoms with Gasteiger partial charge < -0.3 is 20.3 Å². The fourth-order valence-electron chi connectivity index (χ4n) is 2.34. The minimum Gasteiger partial charge on any atom is -0.377 e. The highest BCUT2D eigenvalue weighted by molar-refractivity contribution is 5.79. The highest BCUT2D eigenvalue weighted by atomic mass is 16.5. The van der Waals surface area contributed by atoms with E-state index in [-0.39, 0.29) is 5.60 Å². The number of aliphatic imine (C=N–C) groups is 1. The molecule has 6 nitrogen and oxygen atoms in total. The van der Waals surface area contributed by atoms with E-state index >= 15 is 0 Å². The van der Waals surface area contributed by atoms with E-state index in [9.17, 15) is 0 Å². The van der Waals surface area contributed by atoms with Crippen molar-refractivity contribution in [1.29, 1.82) is 0 Å². The quantitative estimate of drug-likeness (QED) is 0.508. The Labute approximate surface area is 136 Å². The molecule has 1 heterocycles. The zero-order valence-corrected chi connectivity index (χ0v) is 15.1. The average molecular weight is 313 g/mol. The minimum absolute atomic E-state index is 0.223. The number of nitrogens with zero attached hydrogens (tertiary/aromatic N) is 3. The summed E-state index contributed by atoms with van der Waals surface area (Å²) in [5.41, 5.74) is -0.223. The highest BCUT2D eigenvalue weighted by Crippen LogP contribution is 2.06. The van der Waals surface area contributed by atoms with Crippen LogP contribution in [0.5, 0.6) is 0 Å². The van der Waals surface area contributed by atoms with E-state index in [4.69, 9.17) is 4.74 Å². The zero-order chi connectivity index (χ0) is 16.4. The lowest BCUT2D eigenvalue weighted by atomic mass is 10.1. The van der Waals surface area contributed by atoms with E-state index in [0.717, 1.165) is 25.6 Å². The van der Waals surface area contributed by atoms with Gasteiger partial charge in [-0.3, -0.25) is 9.89 Å². The molecule has 130 valence electrons. The standard InChI is InChI=1S/C16H35N5O/c1-6-17-15(19-14-16(3,4)22-5)18-8-9-21-12-10-20(7-2)11-13-21/h6-14H2,1-5H3,(H2,17,18,19). The highest BCUT2D eigenvalue weighted by Gasteiger charge is 2.16. The number of ether oxygens (including phenoxy) is 1. The molecule has 0 unspecified atom stereocenters. The van der Waals surface area contributed by atoms with Crippen LogP contribution in [-0.4, -0.2) is 87.4 Å². The van der Waals surface area contributed by atoms with E-state index in [1.54, 1.807) is 7.11 Å². The number of rotatable bonds is 8. The first-order valence-electron chi connectivity index (χ1n) is 8.52. The summed E-state index contributed by atoms with van der Waals surface area (Å²) < 4.78 is 5.41. The van der Waals surface area contributed by atoms with Crippen molar-refractivity contribution >= 4 is 5.96 Å². The third kappa shape index (κ3) is 7.42. The summed E-state index contributed by atoms with van der Waals surface area (Å²) in [7, 11) is 1.73. The monoisotopic (exact) mass is 313 g/mol. The molecule has 1 fully saturated rings. The molecule has 0 amide bonds. The van der Waals surface area contributed by atoms with Gasteiger partial charge in [0, 0.05) is 52.9 Å². The summed E-state index contributed by atoms with van der Waals surface area (Å²) in [4.78, 5) is 9.62. The number of nitrogens with one attached hydrogen (secondary N) is 2. The number of guanidine groups is 1. The Morgan fingerprint density at radius 1 is 1.09 bits per heavy atom. The summed E-state index contributed by atoms with van der Waals surface area (Å²) in [5.74, 6) is 0.875. The number of hydrogen-bond acceptors (Lipinski definition) is 4. The minimum atomic E-state index is -0.223. The molecule has 1 rings (SSSR count). The van der Waals surface area contributed by atoms with Gasteiger partial charge in [0.05, 0.1) is 12.1 Å². The van der Waals surface area contributed by atoms with Crippen LogP contribution in [0.3, 0.4) is 0 Å². The van der Waals surface area contributed by atoms with E-state index < -0.39 is 0 Å². The topological polar surface area (TPSA) is 52.1 Å². The van der Waals surface area contributed by atoms with Crippen LogP contribution in [0.15, 0.2) is 4.99 Å². The first kappa shape index (κ1) is 19.2. The van der Waals surface area contributed by atoms with Crippen LogP contribution in [0.2, 0.25) is 0 Å². The summed E-state index contributed by atoms with van der Waals surface area (Å²) in [5, 5.41) is 6.71. The van der Waals surface area contributed by atoms with Gasteiger partial charge in [-0.25, -0.2) is 0 Å². The van der Waals surface area contributed by atoms with Gasteiger partial charge in [-0.05, 0) is 27.3 Å². The summed E-state index contributed by atoms with van der Waals surface area (Å²) >= 11 is 0. The lowest BCUT2D eigenvalue weighted by molar-refractivity contribution is 0.0310. The van der Waals surface area contributed by atoms with Gasteiger partial charge >= 0.3 is 0 Å². The number of piperazine rings is 1. The van der Waals surface area contributed by atoms with Gasteiger partial charge in [-0.2, -0.15) is 0 Å². The Hall–Kier alpha value is -0.850. The molecule has 1 saturated heterocycles. The van der Waals surface area contributed by atoms with Crippen LogP contribution in [-0.2, 0) is 4.74 Å². The SMILES string of the molecule is CCNC(=NCC(C)(C)OC)NCCN1CCN(CC)CC1. The van der Waals surface area contributed by atoms with E-state index in [1.165, 1.54) is 32.7 Å². The van der Waals surface area contributed by atoms with Crippen molar-refractivity contribution in [2.24, 2.45) is 4.99 Å². The lowest BCUT2D eigenvalue weighted by Gasteiger charge is -2.34. The Kier molecular flexibility index (Phi) is 8.75.